The average Bonchev–Trinajstić information content (AvgIpc) is 1.98. The van der Waals surface area contributed by atoms with Crippen LogP contribution in [0, 0.1) is 5.92 Å². The SMILES string of the molecule is CCNC(COC(C)(C)C)CC(C)C. The third-order valence-electron chi connectivity index (χ3n) is 1.97. The Bertz CT molecular complexity index is 138. The van der Waals surface area contributed by atoms with Gasteiger partial charge in [-0.25, -0.2) is 0 Å². The van der Waals surface area contributed by atoms with E-state index in [0.29, 0.717) is 6.04 Å². The summed E-state index contributed by atoms with van der Waals surface area (Å²) in [5.74, 6) is 0.725. The van der Waals surface area contributed by atoms with E-state index < -0.39 is 0 Å². The van der Waals surface area contributed by atoms with Crippen LogP contribution in [-0.4, -0.2) is 24.8 Å². The normalized spacial score (nSPS) is 14.8. The van der Waals surface area contributed by atoms with Gasteiger partial charge in [-0.1, -0.05) is 20.8 Å². The number of hydrogen-bond acceptors (Lipinski definition) is 2. The first-order chi connectivity index (χ1) is 6.35. The van der Waals surface area contributed by atoms with Crippen molar-refractivity contribution in [3.63, 3.8) is 0 Å². The smallest absolute Gasteiger partial charge is 0.0626 e. The molecule has 0 bridgehead atoms. The molecule has 0 aliphatic rings. The van der Waals surface area contributed by atoms with Gasteiger partial charge in [0, 0.05) is 6.04 Å². The first kappa shape index (κ1) is 13.9. The zero-order chi connectivity index (χ0) is 11.2. The lowest BCUT2D eigenvalue weighted by atomic mass is 10.0. The molecular weight excluding hydrogens is 174 g/mol. The molecule has 0 saturated heterocycles. The Hall–Kier alpha value is -0.0800. The highest BCUT2D eigenvalue weighted by molar-refractivity contribution is 4.69. The molecule has 14 heavy (non-hydrogen) atoms. The molecule has 0 saturated carbocycles. The Morgan fingerprint density at radius 2 is 1.79 bits per heavy atom. The summed E-state index contributed by atoms with van der Waals surface area (Å²) < 4.78 is 5.78. The zero-order valence-electron chi connectivity index (χ0n) is 10.7. The molecule has 1 N–H and O–H groups in total. The van der Waals surface area contributed by atoms with E-state index in [1.54, 1.807) is 0 Å². The average molecular weight is 201 g/mol. The molecule has 0 aliphatic carbocycles. The van der Waals surface area contributed by atoms with Gasteiger partial charge in [-0.15, -0.1) is 0 Å². The molecule has 0 aromatic heterocycles. The summed E-state index contributed by atoms with van der Waals surface area (Å²) in [5.41, 5.74) is -0.0232. The maximum Gasteiger partial charge on any atom is 0.0626 e. The molecule has 1 unspecified atom stereocenters. The zero-order valence-corrected chi connectivity index (χ0v) is 10.7. The fourth-order valence-electron chi connectivity index (χ4n) is 1.42. The number of likely N-dealkylation sites (N-methyl/N-ethyl adjacent to an activating group) is 1. The van der Waals surface area contributed by atoms with Crippen LogP contribution in [0.1, 0.15) is 48.0 Å². The molecule has 2 nitrogen and oxygen atoms in total. The van der Waals surface area contributed by atoms with E-state index in [1.165, 1.54) is 6.42 Å². The van der Waals surface area contributed by atoms with Crippen LogP contribution in [0.15, 0.2) is 0 Å². The van der Waals surface area contributed by atoms with E-state index in [9.17, 15) is 0 Å². The molecule has 1 atom stereocenters. The van der Waals surface area contributed by atoms with Crippen molar-refractivity contribution in [1.29, 1.82) is 0 Å². The van der Waals surface area contributed by atoms with Crippen LogP contribution in [0.5, 0.6) is 0 Å². The standard InChI is InChI=1S/C12H27NO/c1-7-13-11(8-10(2)3)9-14-12(4,5)6/h10-11,13H,7-9H2,1-6H3. The van der Waals surface area contributed by atoms with E-state index >= 15 is 0 Å². The summed E-state index contributed by atoms with van der Waals surface area (Å²) in [6.45, 7) is 14.8. The minimum absolute atomic E-state index is 0.0232. The second-order valence-electron chi connectivity index (χ2n) is 5.31. The highest BCUT2D eigenvalue weighted by Crippen LogP contribution is 2.11. The lowest BCUT2D eigenvalue weighted by Gasteiger charge is -2.26. The summed E-state index contributed by atoms with van der Waals surface area (Å²) in [5, 5.41) is 3.46. The molecule has 0 radical (unpaired) electrons. The van der Waals surface area contributed by atoms with Gasteiger partial charge in [0.15, 0.2) is 0 Å². The molecule has 0 heterocycles. The Morgan fingerprint density at radius 1 is 1.21 bits per heavy atom. The van der Waals surface area contributed by atoms with E-state index in [-0.39, 0.29) is 5.60 Å². The van der Waals surface area contributed by atoms with Crippen LogP contribution in [0.25, 0.3) is 0 Å². The lowest BCUT2D eigenvalue weighted by Crippen LogP contribution is -2.37. The molecule has 0 spiro atoms. The largest absolute Gasteiger partial charge is 0.374 e. The lowest BCUT2D eigenvalue weighted by molar-refractivity contribution is -0.0166. The Morgan fingerprint density at radius 3 is 2.14 bits per heavy atom. The van der Waals surface area contributed by atoms with E-state index in [4.69, 9.17) is 4.74 Å². The van der Waals surface area contributed by atoms with Crippen molar-refractivity contribution in [3.8, 4) is 0 Å². The van der Waals surface area contributed by atoms with Crippen LogP contribution in [-0.2, 0) is 4.74 Å². The van der Waals surface area contributed by atoms with Crippen LogP contribution >= 0.6 is 0 Å². The molecule has 0 rings (SSSR count). The van der Waals surface area contributed by atoms with E-state index in [2.05, 4.69) is 46.9 Å². The molecule has 86 valence electrons. The van der Waals surface area contributed by atoms with E-state index in [0.717, 1.165) is 19.1 Å². The molecule has 0 fully saturated rings. The Balaban J connectivity index is 3.84. The molecule has 0 aromatic carbocycles. The van der Waals surface area contributed by atoms with Crippen molar-refractivity contribution in [2.45, 2.75) is 59.6 Å². The van der Waals surface area contributed by atoms with Gasteiger partial charge < -0.3 is 10.1 Å². The topological polar surface area (TPSA) is 21.3 Å². The van der Waals surface area contributed by atoms with Gasteiger partial charge in [0.25, 0.3) is 0 Å². The number of hydrogen-bond donors (Lipinski definition) is 1. The van der Waals surface area contributed by atoms with Crippen molar-refractivity contribution in [3.05, 3.63) is 0 Å². The number of nitrogens with one attached hydrogen (secondary N) is 1. The quantitative estimate of drug-likeness (QED) is 0.713. The maximum absolute atomic E-state index is 5.78. The summed E-state index contributed by atoms with van der Waals surface area (Å²) in [6.07, 6.45) is 1.18. The second kappa shape index (κ2) is 6.41. The molecule has 0 aliphatic heterocycles. The summed E-state index contributed by atoms with van der Waals surface area (Å²) >= 11 is 0. The first-order valence-electron chi connectivity index (χ1n) is 5.72. The number of rotatable bonds is 6. The Labute approximate surface area is 89.4 Å². The van der Waals surface area contributed by atoms with Crippen LogP contribution in [0.4, 0.5) is 0 Å². The fourth-order valence-corrected chi connectivity index (χ4v) is 1.42. The molecule has 2 heteroatoms. The Kier molecular flexibility index (Phi) is 6.38. The van der Waals surface area contributed by atoms with Gasteiger partial charge in [-0.3, -0.25) is 0 Å². The highest BCUT2D eigenvalue weighted by Gasteiger charge is 2.15. The number of ether oxygens (including phenoxy) is 1. The summed E-state index contributed by atoms with van der Waals surface area (Å²) in [6, 6.07) is 0.499. The van der Waals surface area contributed by atoms with Crippen molar-refractivity contribution < 1.29 is 4.74 Å². The molecule has 0 aromatic rings. The van der Waals surface area contributed by atoms with Gasteiger partial charge >= 0.3 is 0 Å². The minimum atomic E-state index is -0.0232. The van der Waals surface area contributed by atoms with Gasteiger partial charge in [0.2, 0.25) is 0 Å². The van der Waals surface area contributed by atoms with Crippen molar-refractivity contribution in [1.82, 2.24) is 5.32 Å². The van der Waals surface area contributed by atoms with Gasteiger partial charge in [-0.05, 0) is 39.7 Å². The molecular formula is C12H27NO. The molecule has 0 amide bonds. The predicted molar refractivity (Wildman–Crippen MR) is 62.6 cm³/mol. The highest BCUT2D eigenvalue weighted by atomic mass is 16.5. The third kappa shape index (κ3) is 8.52. The maximum atomic E-state index is 5.78. The minimum Gasteiger partial charge on any atom is -0.374 e. The van der Waals surface area contributed by atoms with E-state index in [1.807, 2.05) is 0 Å². The van der Waals surface area contributed by atoms with Crippen molar-refractivity contribution in [2.75, 3.05) is 13.2 Å². The van der Waals surface area contributed by atoms with Gasteiger partial charge in [0.1, 0.15) is 0 Å². The van der Waals surface area contributed by atoms with Gasteiger partial charge in [0.05, 0.1) is 12.2 Å². The fraction of sp³-hybridized carbons (Fsp3) is 1.00. The second-order valence-corrected chi connectivity index (χ2v) is 5.31. The van der Waals surface area contributed by atoms with Crippen molar-refractivity contribution >= 4 is 0 Å². The summed E-state index contributed by atoms with van der Waals surface area (Å²) in [7, 11) is 0. The van der Waals surface area contributed by atoms with Crippen LogP contribution < -0.4 is 5.32 Å². The first-order valence-corrected chi connectivity index (χ1v) is 5.72. The van der Waals surface area contributed by atoms with Crippen LogP contribution in [0.2, 0.25) is 0 Å². The summed E-state index contributed by atoms with van der Waals surface area (Å²) in [4.78, 5) is 0. The van der Waals surface area contributed by atoms with Gasteiger partial charge in [-0.2, -0.15) is 0 Å². The third-order valence-corrected chi connectivity index (χ3v) is 1.97. The van der Waals surface area contributed by atoms with Crippen molar-refractivity contribution in [2.24, 2.45) is 5.92 Å². The van der Waals surface area contributed by atoms with Crippen LogP contribution in [0.3, 0.4) is 0 Å². The predicted octanol–water partition coefficient (Wildman–Crippen LogP) is 2.83. The monoisotopic (exact) mass is 201 g/mol.